The van der Waals surface area contributed by atoms with Gasteiger partial charge in [-0.3, -0.25) is 9.59 Å². The van der Waals surface area contributed by atoms with Gasteiger partial charge < -0.3 is 19.7 Å². The molecule has 1 aliphatic rings. The second kappa shape index (κ2) is 9.86. The number of nitrogens with zero attached hydrogens (tertiary/aromatic N) is 2. The number of hydrogen-bond donors (Lipinski definition) is 1. The molecule has 9 nitrogen and oxygen atoms in total. The first-order chi connectivity index (χ1) is 15.1. The number of nitrogens with one attached hydrogen (secondary N) is 1. The van der Waals surface area contributed by atoms with Crippen molar-refractivity contribution in [1.82, 2.24) is 9.21 Å². The molecule has 0 spiro atoms. The van der Waals surface area contributed by atoms with E-state index in [1.165, 1.54) is 46.6 Å². The maximum atomic E-state index is 13.0. The van der Waals surface area contributed by atoms with E-state index in [0.29, 0.717) is 24.5 Å². The zero-order valence-corrected chi connectivity index (χ0v) is 19.5. The predicted octanol–water partition coefficient (Wildman–Crippen LogP) is 2.32. The number of hydrogen-bond acceptors (Lipinski definition) is 6. The van der Waals surface area contributed by atoms with Crippen molar-refractivity contribution in [2.45, 2.75) is 4.90 Å². The number of methoxy groups -OCH3 is 1. The number of carbonyl (C=O) groups is 2. The summed E-state index contributed by atoms with van der Waals surface area (Å²) in [6.07, 6.45) is 0. The Kier molecular flexibility index (Phi) is 7.40. The van der Waals surface area contributed by atoms with Crippen molar-refractivity contribution >= 4 is 39.1 Å². The molecule has 2 aromatic rings. The maximum absolute atomic E-state index is 13.0. The van der Waals surface area contributed by atoms with Gasteiger partial charge in [0.1, 0.15) is 5.75 Å². The lowest BCUT2D eigenvalue weighted by molar-refractivity contribution is 0.0730. The number of morpholine rings is 1. The fourth-order valence-electron chi connectivity index (χ4n) is 3.17. The molecule has 172 valence electrons. The molecule has 0 unspecified atom stereocenters. The molecule has 0 aromatic heterocycles. The molecule has 32 heavy (non-hydrogen) atoms. The molecule has 1 N–H and O–H groups in total. The molecule has 1 aliphatic heterocycles. The summed E-state index contributed by atoms with van der Waals surface area (Å²) in [6, 6.07) is 8.63. The van der Waals surface area contributed by atoms with E-state index in [1.807, 2.05) is 0 Å². The first-order valence-electron chi connectivity index (χ1n) is 9.73. The van der Waals surface area contributed by atoms with Crippen molar-refractivity contribution in [3.8, 4) is 5.75 Å². The Balaban J connectivity index is 1.88. The molecule has 2 amide bonds. The fourth-order valence-corrected chi connectivity index (χ4v) is 4.86. The van der Waals surface area contributed by atoms with Crippen LogP contribution in [0.5, 0.6) is 5.75 Å². The van der Waals surface area contributed by atoms with Gasteiger partial charge in [-0.25, -0.2) is 8.42 Å². The monoisotopic (exact) mass is 481 g/mol. The van der Waals surface area contributed by atoms with E-state index in [1.54, 1.807) is 20.2 Å². The molecule has 3 rings (SSSR count). The molecule has 0 saturated carbocycles. The lowest BCUT2D eigenvalue weighted by Gasteiger charge is -2.26. The Hall–Kier alpha value is -2.66. The zero-order valence-electron chi connectivity index (χ0n) is 17.9. The van der Waals surface area contributed by atoms with E-state index >= 15 is 0 Å². The number of amides is 2. The summed E-state index contributed by atoms with van der Waals surface area (Å²) in [4.78, 5) is 26.5. The molecule has 2 aromatic carbocycles. The third-order valence-corrected chi connectivity index (χ3v) is 7.09. The van der Waals surface area contributed by atoms with Crippen molar-refractivity contribution in [2.24, 2.45) is 0 Å². The van der Waals surface area contributed by atoms with Crippen molar-refractivity contribution in [3.63, 3.8) is 0 Å². The topological polar surface area (TPSA) is 105 Å². The highest BCUT2D eigenvalue weighted by molar-refractivity contribution is 7.89. The molecule has 0 aliphatic carbocycles. The van der Waals surface area contributed by atoms with Crippen LogP contribution in [0.25, 0.3) is 0 Å². The highest BCUT2D eigenvalue weighted by atomic mass is 35.5. The van der Waals surface area contributed by atoms with Gasteiger partial charge in [0.2, 0.25) is 10.0 Å². The average molecular weight is 482 g/mol. The van der Waals surface area contributed by atoms with Gasteiger partial charge in [-0.1, -0.05) is 11.6 Å². The number of rotatable bonds is 6. The molecule has 1 fully saturated rings. The van der Waals surface area contributed by atoms with Crippen LogP contribution in [0, 0.1) is 0 Å². The van der Waals surface area contributed by atoms with E-state index in [-0.39, 0.29) is 40.2 Å². The normalized spacial score (nSPS) is 14.6. The number of carbonyl (C=O) groups excluding carboxylic acids is 2. The lowest BCUT2D eigenvalue weighted by Crippen LogP contribution is -2.40. The van der Waals surface area contributed by atoms with Gasteiger partial charge >= 0.3 is 0 Å². The summed E-state index contributed by atoms with van der Waals surface area (Å²) < 4.78 is 37.7. The van der Waals surface area contributed by atoms with Gasteiger partial charge in [-0.2, -0.15) is 4.31 Å². The second-order valence-corrected chi connectivity index (χ2v) is 9.57. The zero-order chi connectivity index (χ0) is 23.5. The Morgan fingerprint density at radius 1 is 1.09 bits per heavy atom. The molecule has 0 bridgehead atoms. The van der Waals surface area contributed by atoms with E-state index in [0.717, 1.165) is 0 Å². The molecule has 11 heteroatoms. The van der Waals surface area contributed by atoms with E-state index in [2.05, 4.69) is 5.32 Å². The lowest BCUT2D eigenvalue weighted by atomic mass is 10.1. The molecule has 0 radical (unpaired) electrons. The molecular weight excluding hydrogens is 458 g/mol. The summed E-state index contributed by atoms with van der Waals surface area (Å²) in [5.74, 6) is -0.631. The van der Waals surface area contributed by atoms with Crippen molar-refractivity contribution in [3.05, 3.63) is 52.5 Å². The summed E-state index contributed by atoms with van der Waals surface area (Å²) in [5.41, 5.74) is 0.691. The molecule has 0 atom stereocenters. The number of sulfonamides is 1. The number of ether oxygens (including phenoxy) is 2. The molecular formula is C21H24ClN3O6S. The third kappa shape index (κ3) is 5.04. The van der Waals surface area contributed by atoms with Crippen molar-refractivity contribution < 1.29 is 27.5 Å². The Morgan fingerprint density at radius 2 is 1.78 bits per heavy atom. The van der Waals surface area contributed by atoms with Crippen molar-refractivity contribution in [1.29, 1.82) is 0 Å². The minimum Gasteiger partial charge on any atom is -0.496 e. The van der Waals surface area contributed by atoms with Crippen LogP contribution < -0.4 is 10.1 Å². The SMILES string of the molecule is COc1ccc(S(=O)(=O)N2CCOCC2)cc1C(=O)Nc1ccc(C(=O)N(C)C)c(Cl)c1. The fraction of sp³-hybridized carbons (Fsp3) is 0.333. The van der Waals surface area contributed by atoms with Gasteiger partial charge in [0.15, 0.2) is 0 Å². The number of benzene rings is 2. The Morgan fingerprint density at radius 3 is 2.38 bits per heavy atom. The van der Waals surface area contributed by atoms with Crippen LogP contribution >= 0.6 is 11.6 Å². The van der Waals surface area contributed by atoms with Crippen LogP contribution in [0.1, 0.15) is 20.7 Å². The van der Waals surface area contributed by atoms with Gasteiger partial charge in [0, 0.05) is 32.9 Å². The van der Waals surface area contributed by atoms with E-state index < -0.39 is 15.9 Å². The minimum absolute atomic E-state index is 0.0182. The van der Waals surface area contributed by atoms with Crippen LogP contribution in [-0.4, -0.2) is 76.9 Å². The molecule has 1 heterocycles. The molecule has 1 saturated heterocycles. The van der Waals surface area contributed by atoms with Crippen LogP contribution in [0.2, 0.25) is 5.02 Å². The van der Waals surface area contributed by atoms with Crippen LogP contribution in [0.4, 0.5) is 5.69 Å². The van der Waals surface area contributed by atoms with Gasteiger partial charge in [-0.15, -0.1) is 0 Å². The summed E-state index contributed by atoms with van der Waals surface area (Å²) in [6.45, 7) is 1.12. The second-order valence-electron chi connectivity index (χ2n) is 7.23. The maximum Gasteiger partial charge on any atom is 0.259 e. The van der Waals surface area contributed by atoms with Crippen molar-refractivity contribution in [2.75, 3.05) is 52.8 Å². The predicted molar refractivity (Wildman–Crippen MR) is 120 cm³/mol. The summed E-state index contributed by atoms with van der Waals surface area (Å²) in [5, 5.41) is 2.85. The Labute approximate surface area is 191 Å². The standard InChI is InChI=1S/C21H24ClN3O6S/c1-24(2)21(27)16-6-4-14(12-18(16)22)23-20(26)17-13-15(5-7-19(17)30-3)32(28,29)25-8-10-31-11-9-25/h4-7,12-13H,8-11H2,1-3H3,(H,23,26). The van der Waals surface area contributed by atoms with Gasteiger partial charge in [0.05, 0.1) is 41.4 Å². The first kappa shape index (κ1) is 24.0. The highest BCUT2D eigenvalue weighted by Gasteiger charge is 2.28. The van der Waals surface area contributed by atoms with Gasteiger partial charge in [-0.05, 0) is 36.4 Å². The quantitative estimate of drug-likeness (QED) is 0.678. The van der Waals surface area contributed by atoms with Crippen LogP contribution in [-0.2, 0) is 14.8 Å². The Bertz CT molecular complexity index is 1130. The highest BCUT2D eigenvalue weighted by Crippen LogP contribution is 2.27. The number of halogens is 1. The third-order valence-electron chi connectivity index (χ3n) is 4.89. The van der Waals surface area contributed by atoms with Crippen LogP contribution in [0.15, 0.2) is 41.3 Å². The summed E-state index contributed by atoms with van der Waals surface area (Å²) >= 11 is 6.21. The van der Waals surface area contributed by atoms with E-state index in [4.69, 9.17) is 21.1 Å². The average Bonchev–Trinajstić information content (AvgIpc) is 2.78. The van der Waals surface area contributed by atoms with E-state index in [9.17, 15) is 18.0 Å². The first-order valence-corrected chi connectivity index (χ1v) is 11.6. The summed E-state index contributed by atoms with van der Waals surface area (Å²) in [7, 11) is 0.818. The van der Waals surface area contributed by atoms with Crippen LogP contribution in [0.3, 0.4) is 0 Å². The largest absolute Gasteiger partial charge is 0.496 e. The number of anilines is 1. The minimum atomic E-state index is -3.79. The smallest absolute Gasteiger partial charge is 0.259 e. The van der Waals surface area contributed by atoms with Gasteiger partial charge in [0.25, 0.3) is 11.8 Å².